The van der Waals surface area contributed by atoms with E-state index in [0.29, 0.717) is 11.4 Å². The predicted octanol–water partition coefficient (Wildman–Crippen LogP) is 4.38. The van der Waals surface area contributed by atoms with Gasteiger partial charge in [-0.15, -0.1) is 0 Å². The van der Waals surface area contributed by atoms with Gasteiger partial charge in [-0.05, 0) is 43.9 Å². The van der Waals surface area contributed by atoms with E-state index in [0.717, 1.165) is 35.3 Å². The van der Waals surface area contributed by atoms with E-state index in [4.69, 9.17) is 0 Å². The Kier molecular flexibility index (Phi) is 3.13. The lowest BCUT2D eigenvalue weighted by molar-refractivity contribution is 0.636. The summed E-state index contributed by atoms with van der Waals surface area (Å²) >= 11 is 0. The van der Waals surface area contributed by atoms with Crippen molar-refractivity contribution in [2.75, 3.05) is 11.9 Å². The van der Waals surface area contributed by atoms with Crippen LogP contribution in [-0.2, 0) is 0 Å². The molecule has 2 aromatic rings. The molecule has 0 saturated heterocycles. The highest BCUT2D eigenvalue weighted by molar-refractivity contribution is 5.94. The lowest BCUT2D eigenvalue weighted by Crippen LogP contribution is -2.04. The minimum absolute atomic E-state index is 0.220. The minimum atomic E-state index is -0.220. The fraction of sp³-hybridized carbons (Fsp3) is 0.438. The molecule has 100 valence electrons. The molecule has 0 bridgehead atoms. The quantitative estimate of drug-likeness (QED) is 0.880. The number of aryl methyl sites for hydroxylation is 1. The summed E-state index contributed by atoms with van der Waals surface area (Å²) in [4.78, 5) is 4.55. The van der Waals surface area contributed by atoms with Crippen molar-refractivity contribution in [1.82, 2.24) is 4.98 Å². The van der Waals surface area contributed by atoms with Crippen LogP contribution in [0.5, 0.6) is 0 Å². The first-order valence-electron chi connectivity index (χ1n) is 7.04. The number of pyridine rings is 1. The topological polar surface area (TPSA) is 24.9 Å². The van der Waals surface area contributed by atoms with Crippen LogP contribution in [0.2, 0.25) is 0 Å². The monoisotopic (exact) mass is 258 g/mol. The molecule has 1 aromatic carbocycles. The lowest BCUT2D eigenvalue weighted by atomic mass is 10.1. The molecule has 0 spiro atoms. The van der Waals surface area contributed by atoms with Crippen LogP contribution in [0.25, 0.3) is 10.9 Å². The standard InChI is InChI=1S/C16H19FN2/c1-3-8-18-14-9-13(11-5-6-11)19-16-12(17)7-4-10(2)15(14)16/h4,7,9,11H,3,5-6,8H2,1-2H3,(H,18,19). The summed E-state index contributed by atoms with van der Waals surface area (Å²) in [6.45, 7) is 5.04. The van der Waals surface area contributed by atoms with E-state index in [9.17, 15) is 4.39 Å². The third-order valence-electron chi connectivity index (χ3n) is 3.70. The Labute approximate surface area is 113 Å². The summed E-state index contributed by atoms with van der Waals surface area (Å²) < 4.78 is 14.0. The van der Waals surface area contributed by atoms with Crippen molar-refractivity contribution in [3.8, 4) is 0 Å². The number of rotatable bonds is 4. The molecule has 1 heterocycles. The van der Waals surface area contributed by atoms with Gasteiger partial charge in [-0.1, -0.05) is 13.0 Å². The van der Waals surface area contributed by atoms with Gasteiger partial charge in [0.25, 0.3) is 0 Å². The zero-order chi connectivity index (χ0) is 13.4. The van der Waals surface area contributed by atoms with Crippen LogP contribution in [0.15, 0.2) is 18.2 Å². The third-order valence-corrected chi connectivity index (χ3v) is 3.70. The molecule has 1 aromatic heterocycles. The molecule has 0 radical (unpaired) electrons. The Morgan fingerprint density at radius 1 is 1.37 bits per heavy atom. The van der Waals surface area contributed by atoms with E-state index in [1.807, 2.05) is 13.0 Å². The first-order chi connectivity index (χ1) is 9.20. The van der Waals surface area contributed by atoms with Crippen molar-refractivity contribution in [3.63, 3.8) is 0 Å². The SMILES string of the molecule is CCCNc1cc(C2CC2)nc2c(F)ccc(C)c12. The minimum Gasteiger partial charge on any atom is -0.384 e. The molecule has 0 aliphatic heterocycles. The summed E-state index contributed by atoms with van der Waals surface area (Å²) in [5.41, 5.74) is 3.66. The van der Waals surface area contributed by atoms with Gasteiger partial charge in [0, 0.05) is 29.2 Å². The summed E-state index contributed by atoms with van der Waals surface area (Å²) in [7, 11) is 0. The third kappa shape index (κ3) is 2.29. The highest BCUT2D eigenvalue weighted by Gasteiger charge is 2.26. The van der Waals surface area contributed by atoms with Crippen molar-refractivity contribution >= 4 is 16.6 Å². The largest absolute Gasteiger partial charge is 0.384 e. The molecule has 0 unspecified atom stereocenters. The molecule has 1 N–H and O–H groups in total. The van der Waals surface area contributed by atoms with Crippen LogP contribution in [0, 0.1) is 12.7 Å². The molecule has 3 rings (SSSR count). The lowest BCUT2D eigenvalue weighted by Gasteiger charge is -2.13. The van der Waals surface area contributed by atoms with Crippen LogP contribution in [-0.4, -0.2) is 11.5 Å². The van der Waals surface area contributed by atoms with Crippen molar-refractivity contribution in [2.24, 2.45) is 0 Å². The maximum absolute atomic E-state index is 14.0. The van der Waals surface area contributed by atoms with E-state index in [1.165, 1.54) is 18.9 Å². The molecular weight excluding hydrogens is 239 g/mol. The fourth-order valence-corrected chi connectivity index (χ4v) is 2.48. The van der Waals surface area contributed by atoms with Gasteiger partial charge in [-0.25, -0.2) is 9.37 Å². The Balaban J connectivity index is 2.20. The molecule has 0 amide bonds. The van der Waals surface area contributed by atoms with Crippen molar-refractivity contribution < 1.29 is 4.39 Å². The number of halogens is 1. The van der Waals surface area contributed by atoms with Crippen molar-refractivity contribution in [3.05, 3.63) is 35.3 Å². The summed E-state index contributed by atoms with van der Waals surface area (Å²) in [6, 6.07) is 5.46. The summed E-state index contributed by atoms with van der Waals surface area (Å²) in [5.74, 6) is 0.314. The maximum atomic E-state index is 14.0. The number of aromatic nitrogens is 1. The second-order valence-corrected chi connectivity index (χ2v) is 5.38. The van der Waals surface area contributed by atoms with E-state index >= 15 is 0 Å². The molecule has 2 nitrogen and oxygen atoms in total. The molecule has 1 aliphatic rings. The van der Waals surface area contributed by atoms with Gasteiger partial charge in [0.1, 0.15) is 11.3 Å². The Morgan fingerprint density at radius 3 is 2.84 bits per heavy atom. The zero-order valence-corrected chi connectivity index (χ0v) is 11.5. The highest BCUT2D eigenvalue weighted by atomic mass is 19.1. The first kappa shape index (κ1) is 12.4. The van der Waals surface area contributed by atoms with E-state index < -0.39 is 0 Å². The average molecular weight is 258 g/mol. The summed E-state index contributed by atoms with van der Waals surface area (Å²) in [5, 5.41) is 4.35. The summed E-state index contributed by atoms with van der Waals surface area (Å²) in [6.07, 6.45) is 3.41. The van der Waals surface area contributed by atoms with E-state index in [-0.39, 0.29) is 5.82 Å². The average Bonchev–Trinajstić information content (AvgIpc) is 3.24. The van der Waals surface area contributed by atoms with Crippen molar-refractivity contribution in [1.29, 1.82) is 0 Å². The first-order valence-corrected chi connectivity index (χ1v) is 7.04. The van der Waals surface area contributed by atoms with Gasteiger partial charge in [0.15, 0.2) is 0 Å². The molecule has 1 fully saturated rings. The number of hydrogen-bond acceptors (Lipinski definition) is 2. The maximum Gasteiger partial charge on any atom is 0.149 e. The Morgan fingerprint density at radius 2 is 2.16 bits per heavy atom. The van der Waals surface area contributed by atoms with Crippen molar-refractivity contribution in [2.45, 2.75) is 39.0 Å². The number of benzene rings is 1. The fourth-order valence-electron chi connectivity index (χ4n) is 2.48. The van der Waals surface area contributed by atoms with E-state index in [1.54, 1.807) is 0 Å². The number of nitrogens with zero attached hydrogens (tertiary/aromatic N) is 1. The van der Waals surface area contributed by atoms with Crippen LogP contribution in [0.3, 0.4) is 0 Å². The van der Waals surface area contributed by atoms with Crippen LogP contribution in [0.1, 0.15) is 43.4 Å². The number of anilines is 1. The highest BCUT2D eigenvalue weighted by Crippen LogP contribution is 2.41. The van der Waals surface area contributed by atoms with E-state index in [2.05, 4.69) is 23.3 Å². The molecule has 1 saturated carbocycles. The Bertz CT molecular complexity index is 618. The number of fused-ring (bicyclic) bond motifs is 1. The number of hydrogen-bond donors (Lipinski definition) is 1. The van der Waals surface area contributed by atoms with Gasteiger partial charge in [-0.3, -0.25) is 0 Å². The normalized spacial score (nSPS) is 14.9. The molecule has 19 heavy (non-hydrogen) atoms. The van der Waals surface area contributed by atoms with Crippen LogP contribution < -0.4 is 5.32 Å². The zero-order valence-electron chi connectivity index (χ0n) is 11.5. The van der Waals surface area contributed by atoms with Gasteiger partial charge in [0.2, 0.25) is 0 Å². The van der Waals surface area contributed by atoms with Crippen LogP contribution >= 0.6 is 0 Å². The predicted molar refractivity (Wildman–Crippen MR) is 77.2 cm³/mol. The van der Waals surface area contributed by atoms with Gasteiger partial charge < -0.3 is 5.32 Å². The molecular formula is C16H19FN2. The van der Waals surface area contributed by atoms with Gasteiger partial charge >= 0.3 is 0 Å². The Hall–Kier alpha value is -1.64. The smallest absolute Gasteiger partial charge is 0.149 e. The van der Waals surface area contributed by atoms with Gasteiger partial charge in [-0.2, -0.15) is 0 Å². The number of nitrogens with one attached hydrogen (secondary N) is 1. The molecule has 1 aliphatic carbocycles. The second kappa shape index (κ2) is 4.80. The second-order valence-electron chi connectivity index (χ2n) is 5.38. The molecule has 0 atom stereocenters. The molecule has 3 heteroatoms. The van der Waals surface area contributed by atoms with Crippen LogP contribution in [0.4, 0.5) is 10.1 Å². The van der Waals surface area contributed by atoms with Gasteiger partial charge in [0.05, 0.1) is 0 Å².